The zero-order chi connectivity index (χ0) is 10.7. The molecular weight excluding hydrogens is 188 g/mol. The summed E-state index contributed by atoms with van der Waals surface area (Å²) in [5.41, 5.74) is 5.32. The molecule has 0 saturated carbocycles. The van der Waals surface area contributed by atoms with E-state index >= 15 is 0 Å². The molecule has 0 amide bonds. The van der Waals surface area contributed by atoms with Gasteiger partial charge in [-0.2, -0.15) is 0 Å². The third-order valence-corrected chi connectivity index (χ3v) is 1.44. The zero-order valence-electron chi connectivity index (χ0n) is 7.47. The Hall–Kier alpha value is -1.89. The van der Waals surface area contributed by atoms with Gasteiger partial charge in [0.2, 0.25) is 5.82 Å². The third-order valence-electron chi connectivity index (χ3n) is 1.44. The number of aromatic nitrogens is 1. The Kier molecular flexibility index (Phi) is 2.82. The van der Waals surface area contributed by atoms with Gasteiger partial charge in [-0.25, -0.2) is 0 Å². The van der Waals surface area contributed by atoms with Crippen molar-refractivity contribution in [3.8, 4) is 0 Å². The van der Waals surface area contributed by atoms with Crippen LogP contribution in [0.15, 0.2) is 12.1 Å². The number of hydrogen-bond acceptors (Lipinski definition) is 6. The minimum absolute atomic E-state index is 0.00820. The van der Waals surface area contributed by atoms with Crippen LogP contribution in [-0.4, -0.2) is 21.2 Å². The predicted molar refractivity (Wildman–Crippen MR) is 50.6 cm³/mol. The fourth-order valence-corrected chi connectivity index (χ4v) is 0.900. The van der Waals surface area contributed by atoms with Crippen LogP contribution in [0.5, 0.6) is 0 Å². The van der Waals surface area contributed by atoms with E-state index in [-0.39, 0.29) is 11.5 Å². The average Bonchev–Trinajstić information content (AvgIpc) is 2.07. The topological polar surface area (TPSA) is 114 Å². The maximum Gasteiger partial charge on any atom is 0.388 e. The van der Waals surface area contributed by atoms with Crippen molar-refractivity contribution in [1.82, 2.24) is 4.98 Å². The van der Waals surface area contributed by atoms with Crippen molar-refractivity contribution in [3.05, 3.63) is 22.2 Å². The van der Waals surface area contributed by atoms with Gasteiger partial charge in [0.05, 0.1) is 0 Å². The molecule has 1 aromatic rings. The molecular formula is C7H10N4O3. The van der Waals surface area contributed by atoms with E-state index in [4.69, 9.17) is 10.8 Å². The van der Waals surface area contributed by atoms with Gasteiger partial charge >= 0.3 is 5.82 Å². The summed E-state index contributed by atoms with van der Waals surface area (Å²) in [4.78, 5) is 13.4. The summed E-state index contributed by atoms with van der Waals surface area (Å²) < 4.78 is 0. The second kappa shape index (κ2) is 3.88. The van der Waals surface area contributed by atoms with Crippen LogP contribution in [0, 0.1) is 10.1 Å². The Morgan fingerprint density at radius 3 is 2.86 bits per heavy atom. The van der Waals surface area contributed by atoms with E-state index in [9.17, 15) is 10.1 Å². The van der Waals surface area contributed by atoms with Gasteiger partial charge in [0, 0.05) is 6.07 Å². The first-order chi connectivity index (χ1) is 6.50. The van der Waals surface area contributed by atoms with Crippen molar-refractivity contribution >= 4 is 17.3 Å². The maximum atomic E-state index is 10.4. The number of rotatable bonds is 3. The number of anilines is 2. The average molecular weight is 198 g/mol. The van der Waals surface area contributed by atoms with Gasteiger partial charge in [0.1, 0.15) is 11.9 Å². The number of nitrogens with zero attached hydrogens (tertiary/aromatic N) is 2. The van der Waals surface area contributed by atoms with E-state index in [2.05, 4.69) is 10.3 Å². The van der Waals surface area contributed by atoms with E-state index in [1.165, 1.54) is 19.1 Å². The Morgan fingerprint density at radius 1 is 1.71 bits per heavy atom. The van der Waals surface area contributed by atoms with Crippen molar-refractivity contribution in [2.75, 3.05) is 11.1 Å². The smallest absolute Gasteiger partial charge is 0.388 e. The molecule has 0 aliphatic rings. The number of nitrogens with one attached hydrogen (secondary N) is 1. The SMILES string of the molecule is CC(O)Nc1ccc(N)c([N+](=O)[O-])n1. The highest BCUT2D eigenvalue weighted by molar-refractivity contribution is 5.57. The molecule has 0 aliphatic heterocycles. The van der Waals surface area contributed by atoms with Gasteiger partial charge in [-0.1, -0.05) is 0 Å². The fourth-order valence-electron chi connectivity index (χ4n) is 0.900. The Bertz CT molecular complexity index is 353. The summed E-state index contributed by atoms with van der Waals surface area (Å²) >= 11 is 0. The molecule has 0 aromatic carbocycles. The van der Waals surface area contributed by atoms with Crippen LogP contribution >= 0.6 is 0 Å². The molecule has 1 atom stereocenters. The quantitative estimate of drug-likeness (QED) is 0.366. The molecule has 0 aliphatic carbocycles. The maximum absolute atomic E-state index is 10.4. The molecule has 0 radical (unpaired) electrons. The van der Waals surface area contributed by atoms with Crippen LogP contribution in [0.1, 0.15) is 6.92 Å². The number of hydrogen-bond donors (Lipinski definition) is 3. The first-order valence-corrected chi connectivity index (χ1v) is 3.86. The van der Waals surface area contributed by atoms with Gasteiger partial charge in [-0.15, -0.1) is 0 Å². The molecule has 4 N–H and O–H groups in total. The van der Waals surface area contributed by atoms with Crippen LogP contribution in [0.3, 0.4) is 0 Å². The van der Waals surface area contributed by atoms with Crippen LogP contribution in [-0.2, 0) is 0 Å². The number of pyridine rings is 1. The highest BCUT2D eigenvalue weighted by Gasteiger charge is 2.15. The number of aliphatic hydroxyl groups excluding tert-OH is 1. The number of nitrogens with two attached hydrogens (primary N) is 1. The standard InChI is InChI=1S/C7H10N4O3/c1-4(12)9-6-3-2-5(8)7(10-6)11(13)14/h2-4,12H,8H2,1H3,(H,9,10). The second-order valence-corrected chi connectivity index (χ2v) is 2.69. The molecule has 0 bridgehead atoms. The molecule has 1 unspecified atom stereocenters. The van der Waals surface area contributed by atoms with Crippen LogP contribution < -0.4 is 11.1 Å². The van der Waals surface area contributed by atoms with Gasteiger partial charge in [0.15, 0.2) is 0 Å². The third kappa shape index (κ3) is 2.30. The predicted octanol–water partition coefficient (Wildman–Crippen LogP) is 0.322. The molecule has 0 spiro atoms. The van der Waals surface area contributed by atoms with Crippen molar-refractivity contribution in [2.45, 2.75) is 13.2 Å². The zero-order valence-corrected chi connectivity index (χ0v) is 7.47. The lowest BCUT2D eigenvalue weighted by molar-refractivity contribution is -0.388. The highest BCUT2D eigenvalue weighted by atomic mass is 16.6. The summed E-state index contributed by atoms with van der Waals surface area (Å²) in [6, 6.07) is 2.81. The Labute approximate surface area is 79.7 Å². The molecule has 0 saturated heterocycles. The second-order valence-electron chi connectivity index (χ2n) is 2.69. The lowest BCUT2D eigenvalue weighted by atomic mass is 10.4. The minimum Gasteiger partial charge on any atom is -0.392 e. The number of nitrogen functional groups attached to an aromatic ring is 1. The fraction of sp³-hybridized carbons (Fsp3) is 0.286. The van der Waals surface area contributed by atoms with Crippen molar-refractivity contribution < 1.29 is 10.0 Å². The molecule has 1 heterocycles. The van der Waals surface area contributed by atoms with Gasteiger partial charge in [-0.05, 0) is 22.9 Å². The van der Waals surface area contributed by atoms with Crippen molar-refractivity contribution in [2.24, 2.45) is 0 Å². The largest absolute Gasteiger partial charge is 0.392 e. The van der Waals surface area contributed by atoms with Crippen LogP contribution in [0.4, 0.5) is 17.3 Å². The van der Waals surface area contributed by atoms with Gasteiger partial charge < -0.3 is 26.3 Å². The summed E-state index contributed by atoms with van der Waals surface area (Å²) in [7, 11) is 0. The van der Waals surface area contributed by atoms with E-state index in [0.717, 1.165) is 0 Å². The van der Waals surface area contributed by atoms with E-state index in [1.54, 1.807) is 0 Å². The summed E-state index contributed by atoms with van der Waals surface area (Å²) in [6.45, 7) is 1.48. The lowest BCUT2D eigenvalue weighted by Crippen LogP contribution is -2.15. The van der Waals surface area contributed by atoms with Crippen LogP contribution in [0.2, 0.25) is 0 Å². The van der Waals surface area contributed by atoms with Crippen LogP contribution in [0.25, 0.3) is 0 Å². The lowest BCUT2D eigenvalue weighted by Gasteiger charge is -2.04. The molecule has 76 valence electrons. The Morgan fingerprint density at radius 2 is 2.36 bits per heavy atom. The minimum atomic E-state index is -0.828. The summed E-state index contributed by atoms with van der Waals surface area (Å²) in [6.07, 6.45) is -0.828. The summed E-state index contributed by atoms with van der Waals surface area (Å²) in [5.74, 6) is -0.212. The number of aliphatic hydroxyl groups is 1. The number of nitro groups is 1. The normalized spacial score (nSPS) is 12.1. The molecule has 7 heteroatoms. The molecule has 0 fully saturated rings. The first kappa shape index (κ1) is 10.2. The van der Waals surface area contributed by atoms with E-state index in [1.807, 2.05) is 0 Å². The monoisotopic (exact) mass is 198 g/mol. The summed E-state index contributed by atoms with van der Waals surface area (Å²) in [5, 5.41) is 21.9. The van der Waals surface area contributed by atoms with Gasteiger partial charge in [-0.3, -0.25) is 0 Å². The molecule has 14 heavy (non-hydrogen) atoms. The molecule has 1 rings (SSSR count). The Balaban J connectivity index is 3.00. The highest BCUT2D eigenvalue weighted by Crippen LogP contribution is 2.20. The molecule has 1 aromatic heterocycles. The van der Waals surface area contributed by atoms with Gasteiger partial charge in [0.25, 0.3) is 0 Å². The van der Waals surface area contributed by atoms with E-state index < -0.39 is 17.0 Å². The first-order valence-electron chi connectivity index (χ1n) is 3.86. The van der Waals surface area contributed by atoms with Crippen molar-refractivity contribution in [1.29, 1.82) is 0 Å². The molecule has 7 nitrogen and oxygen atoms in total. The van der Waals surface area contributed by atoms with E-state index in [0.29, 0.717) is 0 Å². The van der Waals surface area contributed by atoms with Crippen molar-refractivity contribution in [3.63, 3.8) is 0 Å².